The Balaban J connectivity index is 2.36. The minimum Gasteiger partial charge on any atom is -0.267 e. The second-order valence-electron chi connectivity index (χ2n) is 5.30. The van der Waals surface area contributed by atoms with E-state index < -0.39 is 17.2 Å². The molecular weight excluding hydrogens is 392 g/mol. The Labute approximate surface area is 160 Å². The summed E-state index contributed by atoms with van der Waals surface area (Å²) in [6, 6.07) is 13.1. The van der Waals surface area contributed by atoms with Crippen LogP contribution in [0.1, 0.15) is 5.56 Å². The molecule has 3 aromatic rings. The van der Waals surface area contributed by atoms with E-state index in [1.165, 1.54) is 16.7 Å². The molecule has 0 aliphatic rings. The summed E-state index contributed by atoms with van der Waals surface area (Å²) in [6.45, 7) is 0. The van der Waals surface area contributed by atoms with E-state index in [1.54, 1.807) is 36.4 Å². The van der Waals surface area contributed by atoms with Crippen molar-refractivity contribution in [2.24, 2.45) is 0 Å². The van der Waals surface area contributed by atoms with Crippen molar-refractivity contribution in [1.82, 2.24) is 4.57 Å². The molecule has 132 valence electrons. The predicted octanol–water partition coefficient (Wildman–Crippen LogP) is 2.86. The first-order chi connectivity index (χ1) is 12.9. The minimum atomic E-state index is -1.04. The van der Waals surface area contributed by atoms with Gasteiger partial charge in [0, 0.05) is 5.02 Å². The van der Waals surface area contributed by atoms with Crippen molar-refractivity contribution < 1.29 is 8.78 Å². The molecule has 0 saturated heterocycles. The second kappa shape index (κ2) is 7.55. The third-order valence-corrected chi connectivity index (χ3v) is 4.93. The highest BCUT2D eigenvalue weighted by molar-refractivity contribution is 7.07. The first-order valence-electron chi connectivity index (χ1n) is 7.43. The summed E-state index contributed by atoms with van der Waals surface area (Å²) in [5.41, 5.74) is -0.0387. The lowest BCUT2D eigenvalue weighted by molar-refractivity contribution is 0.508. The van der Waals surface area contributed by atoms with Crippen molar-refractivity contribution >= 4 is 34.6 Å². The van der Waals surface area contributed by atoms with Crippen LogP contribution in [0.4, 0.5) is 8.78 Å². The average molecular weight is 400 g/mol. The van der Waals surface area contributed by atoms with Crippen LogP contribution in [-0.4, -0.2) is 4.57 Å². The van der Waals surface area contributed by atoms with Crippen molar-refractivity contribution in [3.63, 3.8) is 0 Å². The molecule has 0 aliphatic carbocycles. The van der Waals surface area contributed by atoms with Gasteiger partial charge in [0.25, 0.3) is 5.56 Å². The maximum Gasteiger partial charge on any atom is 0.273 e. The largest absolute Gasteiger partial charge is 0.273 e. The van der Waals surface area contributed by atoms with Crippen LogP contribution in [0.2, 0.25) is 5.02 Å². The molecular formula is C19H8ClF2N3OS. The Kier molecular flexibility index (Phi) is 5.18. The summed E-state index contributed by atoms with van der Waals surface area (Å²) in [5.74, 6) is -2.04. The van der Waals surface area contributed by atoms with Crippen LogP contribution in [0.25, 0.3) is 17.3 Å². The maximum atomic E-state index is 13.4. The van der Waals surface area contributed by atoms with Gasteiger partial charge in [-0.1, -0.05) is 17.7 Å². The normalized spacial score (nSPS) is 11.1. The molecule has 3 rings (SSSR count). The van der Waals surface area contributed by atoms with E-state index in [0.717, 1.165) is 23.5 Å². The Morgan fingerprint density at radius 1 is 1.07 bits per heavy atom. The summed E-state index contributed by atoms with van der Waals surface area (Å²) in [4.78, 5) is 12.9. The number of hydrogen-bond donors (Lipinski definition) is 0. The van der Waals surface area contributed by atoms with Gasteiger partial charge in [0.05, 0.1) is 10.2 Å². The molecule has 0 unspecified atom stereocenters. The van der Waals surface area contributed by atoms with Crippen LogP contribution in [0.5, 0.6) is 0 Å². The van der Waals surface area contributed by atoms with E-state index in [4.69, 9.17) is 11.6 Å². The molecule has 1 heterocycles. The molecule has 0 amide bonds. The molecule has 2 aromatic carbocycles. The maximum absolute atomic E-state index is 13.4. The highest BCUT2D eigenvalue weighted by Gasteiger charge is 2.11. The third kappa shape index (κ3) is 3.65. The number of hydrogen-bond acceptors (Lipinski definition) is 4. The Hall–Kier alpha value is -3.26. The van der Waals surface area contributed by atoms with Crippen LogP contribution in [0.3, 0.4) is 0 Å². The molecule has 0 spiro atoms. The SMILES string of the molecule is N#CC(C#N)=c1s/c(=C/c2ccc(F)c(F)c2)c(=O)n1-c1ccc(Cl)cc1. The van der Waals surface area contributed by atoms with E-state index in [2.05, 4.69) is 0 Å². The topological polar surface area (TPSA) is 69.6 Å². The fraction of sp³-hybridized carbons (Fsp3) is 0. The number of nitrogens with zero attached hydrogens (tertiary/aromatic N) is 3. The smallest absolute Gasteiger partial charge is 0.267 e. The zero-order chi connectivity index (χ0) is 19.6. The molecule has 0 atom stereocenters. The number of aromatic nitrogens is 1. The first-order valence-corrected chi connectivity index (χ1v) is 8.63. The van der Waals surface area contributed by atoms with Crippen LogP contribution in [-0.2, 0) is 0 Å². The summed E-state index contributed by atoms with van der Waals surface area (Å²) in [6.07, 6.45) is 1.37. The van der Waals surface area contributed by atoms with Gasteiger partial charge < -0.3 is 0 Å². The minimum absolute atomic E-state index is 0.140. The molecule has 0 aliphatic heterocycles. The number of benzene rings is 2. The molecule has 8 heteroatoms. The van der Waals surface area contributed by atoms with Gasteiger partial charge in [-0.2, -0.15) is 10.5 Å². The van der Waals surface area contributed by atoms with Gasteiger partial charge in [0.1, 0.15) is 16.8 Å². The lowest BCUT2D eigenvalue weighted by Crippen LogP contribution is -2.30. The van der Waals surface area contributed by atoms with Crippen molar-refractivity contribution in [1.29, 1.82) is 10.5 Å². The highest BCUT2D eigenvalue weighted by Crippen LogP contribution is 2.12. The van der Waals surface area contributed by atoms with E-state index >= 15 is 0 Å². The average Bonchev–Trinajstić information content (AvgIpc) is 2.96. The van der Waals surface area contributed by atoms with Gasteiger partial charge in [-0.3, -0.25) is 9.36 Å². The Morgan fingerprint density at radius 3 is 2.33 bits per heavy atom. The van der Waals surface area contributed by atoms with Gasteiger partial charge >= 0.3 is 0 Å². The monoisotopic (exact) mass is 399 g/mol. The van der Waals surface area contributed by atoms with Gasteiger partial charge in [0.2, 0.25) is 0 Å². The number of halogens is 3. The van der Waals surface area contributed by atoms with Crippen LogP contribution < -0.4 is 14.8 Å². The van der Waals surface area contributed by atoms with Crippen LogP contribution in [0.15, 0.2) is 47.3 Å². The molecule has 0 saturated carbocycles. The van der Waals surface area contributed by atoms with E-state index in [0.29, 0.717) is 10.7 Å². The van der Waals surface area contributed by atoms with Gasteiger partial charge in [-0.15, -0.1) is 11.3 Å². The Bertz CT molecular complexity index is 1280. The molecule has 4 nitrogen and oxygen atoms in total. The summed E-state index contributed by atoms with van der Waals surface area (Å²) in [7, 11) is 0. The fourth-order valence-corrected chi connectivity index (χ4v) is 3.53. The van der Waals surface area contributed by atoms with Gasteiger partial charge in [-0.25, -0.2) is 8.78 Å². The standard InChI is InChI=1S/C19H8ClF2N3OS/c20-13-2-4-14(5-3-13)25-18(26)17(27-19(25)12(9-23)10-24)8-11-1-6-15(21)16(22)7-11/h1-8H/b17-8+. The van der Waals surface area contributed by atoms with Gasteiger partial charge in [-0.05, 0) is 48.0 Å². The number of rotatable bonds is 2. The van der Waals surface area contributed by atoms with E-state index in [-0.39, 0.29) is 20.3 Å². The molecule has 27 heavy (non-hydrogen) atoms. The van der Waals surface area contributed by atoms with Crippen molar-refractivity contribution in [3.8, 4) is 17.8 Å². The third-order valence-electron chi connectivity index (χ3n) is 3.59. The zero-order valence-electron chi connectivity index (χ0n) is 13.4. The zero-order valence-corrected chi connectivity index (χ0v) is 15.0. The highest BCUT2D eigenvalue weighted by atomic mass is 35.5. The number of nitriles is 2. The van der Waals surface area contributed by atoms with Crippen LogP contribution in [0, 0.1) is 34.3 Å². The van der Waals surface area contributed by atoms with Crippen molar-refractivity contribution in [3.05, 3.63) is 84.2 Å². The summed E-state index contributed by atoms with van der Waals surface area (Å²) < 4.78 is 28.0. The first kappa shape index (κ1) is 18.5. The van der Waals surface area contributed by atoms with Crippen LogP contribution >= 0.6 is 22.9 Å². The molecule has 0 N–H and O–H groups in total. The lowest BCUT2D eigenvalue weighted by Gasteiger charge is -2.01. The summed E-state index contributed by atoms with van der Waals surface area (Å²) >= 11 is 6.78. The number of thiazole rings is 1. The van der Waals surface area contributed by atoms with Gasteiger partial charge in [0.15, 0.2) is 17.2 Å². The predicted molar refractivity (Wildman–Crippen MR) is 98.7 cm³/mol. The molecule has 0 fully saturated rings. The second-order valence-corrected chi connectivity index (χ2v) is 6.77. The van der Waals surface area contributed by atoms with Crippen molar-refractivity contribution in [2.45, 2.75) is 0 Å². The molecule has 0 radical (unpaired) electrons. The Morgan fingerprint density at radius 2 is 1.74 bits per heavy atom. The molecule has 1 aromatic heterocycles. The van der Waals surface area contributed by atoms with E-state index in [9.17, 15) is 24.1 Å². The quantitative estimate of drug-likeness (QED) is 0.665. The summed E-state index contributed by atoms with van der Waals surface area (Å²) in [5, 5.41) is 18.9. The van der Waals surface area contributed by atoms with Crippen molar-refractivity contribution in [2.75, 3.05) is 0 Å². The van der Waals surface area contributed by atoms with E-state index in [1.807, 2.05) is 0 Å². The lowest BCUT2D eigenvalue weighted by atomic mass is 10.2. The fourth-order valence-electron chi connectivity index (χ4n) is 2.35. The molecule has 0 bridgehead atoms.